The van der Waals surface area contributed by atoms with Gasteiger partial charge < -0.3 is 10.1 Å². The first-order valence-electron chi connectivity index (χ1n) is 9.56. The molecule has 0 spiro atoms. The van der Waals surface area contributed by atoms with E-state index in [1.165, 1.54) is 17.3 Å². The van der Waals surface area contributed by atoms with Crippen LogP contribution in [0.3, 0.4) is 0 Å². The molecule has 1 N–H and O–H groups in total. The van der Waals surface area contributed by atoms with E-state index in [0.717, 1.165) is 16.9 Å². The van der Waals surface area contributed by atoms with Crippen molar-refractivity contribution in [3.05, 3.63) is 77.9 Å². The average molecular weight is 408 g/mol. The molecule has 2 aromatic carbocycles. The SMILES string of the molecule is C=CCOc1ccc(/C=N\N=C2/NC(=O)[C@@H](Cc3ccc(C(C)C)cc3)S2)cc1. The normalized spacial score (nSPS) is 17.8. The molecule has 150 valence electrons. The van der Waals surface area contributed by atoms with Crippen molar-refractivity contribution in [2.45, 2.75) is 31.4 Å². The number of ether oxygens (including phenoxy) is 1. The highest BCUT2D eigenvalue weighted by Gasteiger charge is 2.30. The third-order valence-corrected chi connectivity index (χ3v) is 5.52. The van der Waals surface area contributed by atoms with Crippen LogP contribution in [-0.4, -0.2) is 29.1 Å². The summed E-state index contributed by atoms with van der Waals surface area (Å²) in [6.45, 7) is 8.44. The molecule has 6 heteroatoms. The molecule has 3 rings (SSSR count). The fourth-order valence-corrected chi connectivity index (χ4v) is 3.76. The van der Waals surface area contributed by atoms with Crippen LogP contribution in [0.2, 0.25) is 0 Å². The van der Waals surface area contributed by atoms with E-state index >= 15 is 0 Å². The number of amidine groups is 1. The summed E-state index contributed by atoms with van der Waals surface area (Å²) in [5.41, 5.74) is 3.34. The number of nitrogens with one attached hydrogen (secondary N) is 1. The van der Waals surface area contributed by atoms with Crippen LogP contribution < -0.4 is 10.1 Å². The molecular formula is C23H25N3O2S. The molecule has 0 unspecified atom stereocenters. The third kappa shape index (κ3) is 6.06. The van der Waals surface area contributed by atoms with Gasteiger partial charge in [0.15, 0.2) is 5.17 Å². The highest BCUT2D eigenvalue weighted by molar-refractivity contribution is 8.15. The lowest BCUT2D eigenvalue weighted by Crippen LogP contribution is -2.25. The number of rotatable bonds is 8. The number of hydrogen-bond acceptors (Lipinski definition) is 5. The largest absolute Gasteiger partial charge is 0.490 e. The van der Waals surface area contributed by atoms with Crippen LogP contribution in [0.4, 0.5) is 0 Å². The number of carbonyl (C=O) groups is 1. The Morgan fingerprint density at radius 3 is 2.55 bits per heavy atom. The van der Waals surface area contributed by atoms with E-state index in [2.05, 4.69) is 60.2 Å². The summed E-state index contributed by atoms with van der Waals surface area (Å²) >= 11 is 1.42. The van der Waals surface area contributed by atoms with Crippen LogP contribution in [0.25, 0.3) is 0 Å². The lowest BCUT2D eigenvalue weighted by molar-refractivity contribution is -0.118. The van der Waals surface area contributed by atoms with Crippen molar-refractivity contribution >= 4 is 29.1 Å². The summed E-state index contributed by atoms with van der Waals surface area (Å²) in [4.78, 5) is 12.2. The maximum Gasteiger partial charge on any atom is 0.239 e. The molecule has 1 amide bonds. The van der Waals surface area contributed by atoms with Crippen LogP contribution >= 0.6 is 11.8 Å². The Morgan fingerprint density at radius 2 is 1.90 bits per heavy atom. The van der Waals surface area contributed by atoms with Gasteiger partial charge >= 0.3 is 0 Å². The number of thioether (sulfide) groups is 1. The van der Waals surface area contributed by atoms with E-state index in [4.69, 9.17) is 4.74 Å². The van der Waals surface area contributed by atoms with Gasteiger partial charge in [-0.05, 0) is 53.3 Å². The van der Waals surface area contributed by atoms with Gasteiger partial charge in [0.05, 0.1) is 11.5 Å². The molecule has 1 heterocycles. The molecule has 1 aliphatic rings. The zero-order valence-corrected chi connectivity index (χ0v) is 17.5. The lowest BCUT2D eigenvalue weighted by Gasteiger charge is -2.08. The van der Waals surface area contributed by atoms with Gasteiger partial charge in [0.2, 0.25) is 5.91 Å². The summed E-state index contributed by atoms with van der Waals surface area (Å²) < 4.78 is 5.45. The van der Waals surface area contributed by atoms with Gasteiger partial charge in [0.1, 0.15) is 12.4 Å². The Hall–Kier alpha value is -2.86. The minimum absolute atomic E-state index is 0.0272. The van der Waals surface area contributed by atoms with E-state index in [9.17, 15) is 4.79 Å². The second-order valence-electron chi connectivity index (χ2n) is 7.01. The molecule has 1 fully saturated rings. The average Bonchev–Trinajstić information content (AvgIpc) is 3.07. The molecule has 0 bridgehead atoms. The predicted octanol–water partition coefficient (Wildman–Crippen LogP) is 4.54. The Balaban J connectivity index is 1.55. The van der Waals surface area contributed by atoms with E-state index in [-0.39, 0.29) is 11.2 Å². The monoisotopic (exact) mass is 407 g/mol. The van der Waals surface area contributed by atoms with E-state index in [0.29, 0.717) is 24.1 Å². The zero-order valence-electron chi connectivity index (χ0n) is 16.7. The summed E-state index contributed by atoms with van der Waals surface area (Å²) in [7, 11) is 0. The van der Waals surface area contributed by atoms with Gasteiger partial charge in [-0.2, -0.15) is 5.10 Å². The number of nitrogens with zero attached hydrogens (tertiary/aromatic N) is 2. The van der Waals surface area contributed by atoms with Crippen molar-refractivity contribution in [2.75, 3.05) is 6.61 Å². The summed E-state index contributed by atoms with van der Waals surface area (Å²) in [5, 5.41) is 11.4. The summed E-state index contributed by atoms with van der Waals surface area (Å²) in [6, 6.07) is 16.0. The molecule has 1 aliphatic heterocycles. The zero-order chi connectivity index (χ0) is 20.6. The minimum atomic E-state index is -0.185. The Kier molecular flexibility index (Phi) is 7.25. The Morgan fingerprint density at radius 1 is 1.17 bits per heavy atom. The number of carbonyl (C=O) groups excluding carboxylic acids is 1. The number of amides is 1. The molecule has 29 heavy (non-hydrogen) atoms. The highest BCUT2D eigenvalue weighted by atomic mass is 32.2. The molecule has 5 nitrogen and oxygen atoms in total. The molecular weight excluding hydrogens is 382 g/mol. The van der Waals surface area contributed by atoms with Gasteiger partial charge in [-0.25, -0.2) is 0 Å². The summed E-state index contributed by atoms with van der Waals surface area (Å²) in [5.74, 6) is 1.25. The standard InChI is InChI=1S/C23H25N3O2S/c1-4-13-28-20-11-7-18(8-12-20)15-24-26-23-25-22(27)21(29-23)14-17-5-9-19(10-6-17)16(2)3/h4-12,15-16,21H,1,13-14H2,2-3H3,(H,25,26,27)/b24-15-/t21-/m1/s1. The van der Waals surface area contributed by atoms with Crippen molar-refractivity contribution in [3.8, 4) is 5.75 Å². The van der Waals surface area contributed by atoms with E-state index < -0.39 is 0 Å². The number of benzene rings is 2. The van der Waals surface area contributed by atoms with E-state index in [1.807, 2.05) is 24.3 Å². The minimum Gasteiger partial charge on any atom is -0.490 e. The van der Waals surface area contributed by atoms with Gasteiger partial charge in [0.25, 0.3) is 0 Å². The molecule has 0 radical (unpaired) electrons. The van der Waals surface area contributed by atoms with Crippen molar-refractivity contribution in [1.29, 1.82) is 0 Å². The fourth-order valence-electron chi connectivity index (χ4n) is 2.79. The molecule has 1 atom stereocenters. The van der Waals surface area contributed by atoms with Crippen molar-refractivity contribution in [2.24, 2.45) is 10.2 Å². The van der Waals surface area contributed by atoms with Crippen LogP contribution in [-0.2, 0) is 11.2 Å². The van der Waals surface area contributed by atoms with Crippen LogP contribution in [0.15, 0.2) is 71.4 Å². The van der Waals surface area contributed by atoms with Gasteiger partial charge in [-0.1, -0.05) is 62.5 Å². The van der Waals surface area contributed by atoms with Gasteiger partial charge in [-0.15, -0.1) is 5.10 Å². The smallest absolute Gasteiger partial charge is 0.239 e. The van der Waals surface area contributed by atoms with Crippen LogP contribution in [0.5, 0.6) is 5.75 Å². The maximum atomic E-state index is 12.2. The molecule has 0 aliphatic carbocycles. The Labute approximate surface area is 176 Å². The van der Waals surface area contributed by atoms with Crippen molar-refractivity contribution in [1.82, 2.24) is 5.32 Å². The van der Waals surface area contributed by atoms with Gasteiger partial charge in [0, 0.05) is 0 Å². The fraction of sp³-hybridized carbons (Fsp3) is 0.261. The first-order valence-corrected chi connectivity index (χ1v) is 10.4. The first-order chi connectivity index (χ1) is 14.0. The Bertz CT molecular complexity index is 903. The van der Waals surface area contributed by atoms with Crippen molar-refractivity contribution in [3.63, 3.8) is 0 Å². The first kappa shape index (κ1) is 20.9. The lowest BCUT2D eigenvalue weighted by atomic mass is 10.0. The quantitative estimate of drug-likeness (QED) is 0.397. The summed E-state index contributed by atoms with van der Waals surface area (Å²) in [6.07, 6.45) is 4.02. The van der Waals surface area contributed by atoms with Crippen LogP contribution in [0, 0.1) is 0 Å². The second-order valence-corrected chi connectivity index (χ2v) is 8.21. The van der Waals surface area contributed by atoms with E-state index in [1.54, 1.807) is 12.3 Å². The second kappa shape index (κ2) is 10.1. The highest BCUT2D eigenvalue weighted by Crippen LogP contribution is 2.24. The predicted molar refractivity (Wildman–Crippen MR) is 121 cm³/mol. The van der Waals surface area contributed by atoms with Crippen molar-refractivity contribution < 1.29 is 9.53 Å². The third-order valence-electron chi connectivity index (χ3n) is 4.45. The topological polar surface area (TPSA) is 63.1 Å². The molecule has 0 aromatic heterocycles. The number of hydrogen-bond donors (Lipinski definition) is 1. The molecule has 1 saturated heterocycles. The molecule has 0 saturated carbocycles. The maximum absolute atomic E-state index is 12.2. The van der Waals surface area contributed by atoms with Crippen LogP contribution in [0.1, 0.15) is 36.5 Å². The van der Waals surface area contributed by atoms with Gasteiger partial charge in [-0.3, -0.25) is 4.79 Å². The molecule has 2 aromatic rings.